The maximum Gasteiger partial charge on any atom is 0.175 e. The Hall–Kier alpha value is -0.340. The Morgan fingerprint density at radius 2 is 1.82 bits per heavy atom. The van der Waals surface area contributed by atoms with E-state index >= 15 is 0 Å². The van der Waals surface area contributed by atoms with Gasteiger partial charge in [-0.25, -0.2) is 0 Å². The predicted octanol–water partition coefficient (Wildman–Crippen LogP) is 5.25. The normalized spacial score (nSPS) is 18.7. The van der Waals surface area contributed by atoms with Crippen LogP contribution < -0.4 is 0 Å². The van der Waals surface area contributed by atoms with Crippen LogP contribution in [-0.2, 0) is 0 Å². The summed E-state index contributed by atoms with van der Waals surface area (Å²) in [5, 5.41) is 0. The zero-order valence-corrected chi connectivity index (χ0v) is 11.9. The van der Waals surface area contributed by atoms with Crippen molar-refractivity contribution in [2.75, 3.05) is 0 Å². The first-order valence-electron chi connectivity index (χ1n) is 6.48. The van der Waals surface area contributed by atoms with E-state index in [1.807, 2.05) is 13.0 Å². The van der Waals surface area contributed by atoms with Gasteiger partial charge in [0.1, 0.15) is 0 Å². The number of hydrogen-bond acceptors (Lipinski definition) is 2. The van der Waals surface area contributed by atoms with Crippen molar-refractivity contribution in [2.24, 2.45) is 5.92 Å². The molecule has 0 radical (unpaired) electrons. The lowest BCUT2D eigenvalue weighted by atomic mass is 9.87. The van der Waals surface area contributed by atoms with Crippen LogP contribution >= 0.6 is 22.9 Å². The number of halogens is 1. The number of ketones is 1. The largest absolute Gasteiger partial charge is 0.293 e. The van der Waals surface area contributed by atoms with Crippen LogP contribution in [0, 0.1) is 12.8 Å². The lowest BCUT2D eigenvalue weighted by Crippen LogP contribution is -2.15. The van der Waals surface area contributed by atoms with Gasteiger partial charge in [-0.05, 0) is 31.4 Å². The van der Waals surface area contributed by atoms with Crippen molar-refractivity contribution >= 4 is 28.7 Å². The molecule has 1 aromatic heterocycles. The van der Waals surface area contributed by atoms with Gasteiger partial charge in [0.15, 0.2) is 5.78 Å². The van der Waals surface area contributed by atoms with Gasteiger partial charge in [-0.1, -0.05) is 43.7 Å². The minimum absolute atomic E-state index is 0.240. The Labute approximate surface area is 112 Å². The number of rotatable bonds is 2. The van der Waals surface area contributed by atoms with Gasteiger partial charge in [0.25, 0.3) is 0 Å². The van der Waals surface area contributed by atoms with Crippen LogP contribution in [0.4, 0.5) is 0 Å². The summed E-state index contributed by atoms with van der Waals surface area (Å²) in [4.78, 5) is 13.2. The number of carbonyl (C=O) groups is 1. The number of thiophene rings is 1. The highest BCUT2D eigenvalue weighted by Gasteiger charge is 2.22. The van der Waals surface area contributed by atoms with Crippen molar-refractivity contribution in [2.45, 2.75) is 51.9 Å². The Bertz CT molecular complexity index is 369. The summed E-state index contributed by atoms with van der Waals surface area (Å²) < 4.78 is 0.763. The number of carbonyl (C=O) groups excluding carboxylic acids is 1. The van der Waals surface area contributed by atoms with E-state index in [0.29, 0.717) is 5.78 Å². The van der Waals surface area contributed by atoms with Crippen LogP contribution in [0.2, 0.25) is 4.34 Å². The van der Waals surface area contributed by atoms with Gasteiger partial charge >= 0.3 is 0 Å². The van der Waals surface area contributed by atoms with Crippen molar-refractivity contribution in [1.29, 1.82) is 0 Å². The van der Waals surface area contributed by atoms with E-state index in [9.17, 15) is 4.79 Å². The molecule has 2 rings (SSSR count). The third-order valence-electron chi connectivity index (χ3n) is 3.58. The average Bonchev–Trinajstić information content (AvgIpc) is 2.58. The van der Waals surface area contributed by atoms with Crippen molar-refractivity contribution in [3.63, 3.8) is 0 Å². The molecule has 1 aliphatic rings. The monoisotopic (exact) mass is 270 g/mol. The highest BCUT2D eigenvalue weighted by molar-refractivity contribution is 7.18. The Kier molecular flexibility index (Phi) is 4.63. The van der Waals surface area contributed by atoms with Crippen molar-refractivity contribution < 1.29 is 4.79 Å². The molecule has 3 heteroatoms. The fourth-order valence-corrected chi connectivity index (χ4v) is 3.72. The third kappa shape index (κ3) is 3.32. The summed E-state index contributed by atoms with van der Waals surface area (Å²) in [7, 11) is 0. The summed E-state index contributed by atoms with van der Waals surface area (Å²) in [6, 6.07) is 1.95. The van der Waals surface area contributed by atoms with Crippen LogP contribution in [0.25, 0.3) is 0 Å². The van der Waals surface area contributed by atoms with Gasteiger partial charge in [-0.2, -0.15) is 0 Å². The molecule has 0 atom stereocenters. The van der Waals surface area contributed by atoms with Crippen molar-refractivity contribution in [1.82, 2.24) is 0 Å². The molecule has 94 valence electrons. The molecule has 1 aliphatic carbocycles. The highest BCUT2D eigenvalue weighted by atomic mass is 35.5. The molecule has 1 aromatic rings. The van der Waals surface area contributed by atoms with Gasteiger partial charge in [-0.3, -0.25) is 4.79 Å². The first kappa shape index (κ1) is 13.1. The van der Waals surface area contributed by atoms with E-state index in [4.69, 9.17) is 11.6 Å². The lowest BCUT2D eigenvalue weighted by molar-refractivity contribution is 0.0902. The lowest BCUT2D eigenvalue weighted by Gasteiger charge is -2.17. The molecule has 17 heavy (non-hydrogen) atoms. The average molecular weight is 271 g/mol. The molecule has 0 amide bonds. The second kappa shape index (κ2) is 6.01. The van der Waals surface area contributed by atoms with E-state index in [1.165, 1.54) is 43.4 Å². The second-order valence-electron chi connectivity index (χ2n) is 4.97. The molecular weight excluding hydrogens is 252 g/mol. The SMILES string of the molecule is Cc1cc(C(=O)C2CCCCCCC2)sc1Cl. The summed E-state index contributed by atoms with van der Waals surface area (Å²) in [5.41, 5.74) is 1.03. The van der Waals surface area contributed by atoms with Crippen LogP contribution in [-0.4, -0.2) is 5.78 Å². The fourth-order valence-electron chi connectivity index (χ4n) is 2.50. The molecule has 0 spiro atoms. The van der Waals surface area contributed by atoms with Crippen LogP contribution in [0.1, 0.15) is 60.2 Å². The minimum Gasteiger partial charge on any atom is -0.293 e. The maximum atomic E-state index is 12.4. The summed E-state index contributed by atoms with van der Waals surface area (Å²) in [6.07, 6.45) is 8.44. The van der Waals surface area contributed by atoms with E-state index in [-0.39, 0.29) is 5.92 Å². The smallest absolute Gasteiger partial charge is 0.175 e. The molecule has 1 fully saturated rings. The Morgan fingerprint density at radius 3 is 2.35 bits per heavy atom. The molecular formula is C14H19ClOS. The second-order valence-corrected chi connectivity index (χ2v) is 6.63. The Balaban J connectivity index is 2.06. The number of Topliss-reactive ketones (excluding diaryl/α,β-unsaturated/α-hetero) is 1. The van der Waals surface area contributed by atoms with Crippen LogP contribution in [0.5, 0.6) is 0 Å². The summed E-state index contributed by atoms with van der Waals surface area (Å²) in [5.74, 6) is 0.566. The van der Waals surface area contributed by atoms with Gasteiger partial charge in [0.2, 0.25) is 0 Å². The molecule has 1 nitrogen and oxygen atoms in total. The molecule has 0 bridgehead atoms. The molecule has 0 N–H and O–H groups in total. The standard InChI is InChI=1S/C14H19ClOS/c1-10-9-12(17-14(10)15)13(16)11-7-5-3-2-4-6-8-11/h9,11H,2-8H2,1H3. The minimum atomic E-state index is 0.240. The first-order chi connectivity index (χ1) is 8.18. The predicted molar refractivity (Wildman–Crippen MR) is 74.2 cm³/mol. The quantitative estimate of drug-likeness (QED) is 0.671. The number of aryl methyl sites for hydroxylation is 1. The summed E-state index contributed by atoms with van der Waals surface area (Å²) >= 11 is 7.48. The molecule has 1 heterocycles. The van der Waals surface area contributed by atoms with E-state index in [0.717, 1.165) is 27.6 Å². The van der Waals surface area contributed by atoms with Crippen LogP contribution in [0.3, 0.4) is 0 Å². The van der Waals surface area contributed by atoms with Gasteiger partial charge < -0.3 is 0 Å². The molecule has 0 unspecified atom stereocenters. The fraction of sp³-hybridized carbons (Fsp3) is 0.643. The van der Waals surface area contributed by atoms with Gasteiger partial charge in [-0.15, -0.1) is 11.3 Å². The zero-order chi connectivity index (χ0) is 12.3. The zero-order valence-electron chi connectivity index (χ0n) is 10.3. The molecule has 1 saturated carbocycles. The van der Waals surface area contributed by atoms with E-state index in [2.05, 4.69) is 0 Å². The van der Waals surface area contributed by atoms with Crippen LogP contribution in [0.15, 0.2) is 6.07 Å². The van der Waals surface area contributed by atoms with Crippen molar-refractivity contribution in [3.8, 4) is 0 Å². The van der Waals surface area contributed by atoms with E-state index in [1.54, 1.807) is 0 Å². The number of hydrogen-bond donors (Lipinski definition) is 0. The maximum absolute atomic E-state index is 12.4. The first-order valence-corrected chi connectivity index (χ1v) is 7.68. The highest BCUT2D eigenvalue weighted by Crippen LogP contribution is 2.32. The van der Waals surface area contributed by atoms with E-state index < -0.39 is 0 Å². The Morgan fingerprint density at radius 1 is 1.24 bits per heavy atom. The molecule has 0 saturated heterocycles. The van der Waals surface area contributed by atoms with Crippen molar-refractivity contribution in [3.05, 3.63) is 20.8 Å². The topological polar surface area (TPSA) is 17.1 Å². The third-order valence-corrected chi connectivity index (χ3v) is 5.15. The van der Waals surface area contributed by atoms with Gasteiger partial charge in [0, 0.05) is 5.92 Å². The molecule has 0 aliphatic heterocycles. The summed E-state index contributed by atoms with van der Waals surface area (Å²) in [6.45, 7) is 1.97. The molecule has 0 aromatic carbocycles. The van der Waals surface area contributed by atoms with Gasteiger partial charge in [0.05, 0.1) is 9.21 Å².